The Hall–Kier alpha value is -4.98. The summed E-state index contributed by atoms with van der Waals surface area (Å²) >= 11 is 6.89. The number of nitrogens with zero attached hydrogens (tertiary/aromatic N) is 5. The van der Waals surface area contributed by atoms with Gasteiger partial charge in [0.25, 0.3) is 0 Å². The minimum atomic E-state index is -0.201. The summed E-state index contributed by atoms with van der Waals surface area (Å²) in [4.78, 5) is 12.9. The van der Waals surface area contributed by atoms with Gasteiger partial charge in [-0.25, -0.2) is 0 Å². The van der Waals surface area contributed by atoms with Gasteiger partial charge < -0.3 is 24.2 Å². The summed E-state index contributed by atoms with van der Waals surface area (Å²) in [6.07, 6.45) is 8.42. The van der Waals surface area contributed by atoms with Crippen LogP contribution in [0.3, 0.4) is 0 Å². The number of pyridine rings is 2. The Bertz CT molecular complexity index is 2040. The number of aliphatic hydroxyl groups excluding tert-OH is 1. The molecule has 10 heteroatoms. The Morgan fingerprint density at radius 1 is 0.849 bits per heavy atom. The third-order valence-corrected chi connectivity index (χ3v) is 9.87. The number of nitriles is 1. The van der Waals surface area contributed by atoms with Crippen molar-refractivity contribution >= 4 is 11.6 Å². The first-order valence-electron chi connectivity index (χ1n) is 18.0. The van der Waals surface area contributed by atoms with Crippen molar-refractivity contribution in [3.63, 3.8) is 0 Å². The van der Waals surface area contributed by atoms with Crippen molar-refractivity contribution < 1.29 is 19.3 Å². The van der Waals surface area contributed by atoms with Crippen LogP contribution >= 0.6 is 11.6 Å². The molecule has 0 saturated carbocycles. The highest BCUT2D eigenvalue weighted by Crippen LogP contribution is 2.37. The number of β-amino-alcohol motifs (C(OH)–C–C–N with tert-alkyl or cyclic N) is 1. The summed E-state index contributed by atoms with van der Waals surface area (Å²) in [5, 5.41) is 19.6. The van der Waals surface area contributed by atoms with Gasteiger partial charge in [0.05, 0.1) is 23.3 Å². The van der Waals surface area contributed by atoms with E-state index in [0.29, 0.717) is 48.4 Å². The highest BCUT2D eigenvalue weighted by atomic mass is 35.5. The predicted molar refractivity (Wildman–Crippen MR) is 207 cm³/mol. The highest BCUT2D eigenvalue weighted by molar-refractivity contribution is 6.32. The van der Waals surface area contributed by atoms with E-state index in [4.69, 9.17) is 25.8 Å². The van der Waals surface area contributed by atoms with Crippen LogP contribution in [0.5, 0.6) is 17.2 Å². The Balaban J connectivity index is 1.17. The molecule has 1 saturated heterocycles. The second-order valence-electron chi connectivity index (χ2n) is 13.7. The minimum absolute atomic E-state index is 0.201. The molecule has 53 heavy (non-hydrogen) atoms. The van der Waals surface area contributed by atoms with E-state index in [-0.39, 0.29) is 12.7 Å². The lowest BCUT2D eigenvalue weighted by Gasteiger charge is -2.21. The van der Waals surface area contributed by atoms with E-state index in [1.165, 1.54) is 6.20 Å². The smallest absolute Gasteiger partial charge is 0.142 e. The molecule has 3 aromatic carbocycles. The maximum absolute atomic E-state index is 9.81. The van der Waals surface area contributed by atoms with Gasteiger partial charge >= 0.3 is 0 Å². The van der Waals surface area contributed by atoms with Crippen LogP contribution in [-0.4, -0.2) is 64.3 Å². The van der Waals surface area contributed by atoms with Crippen molar-refractivity contribution in [2.45, 2.75) is 59.1 Å². The summed E-state index contributed by atoms with van der Waals surface area (Å²) in [6, 6.07) is 24.1. The Kier molecular flexibility index (Phi) is 13.0. The molecule has 1 N–H and O–H groups in total. The standard InChI is InChI=1S/C43H46ClN5O4/c1-30-35(9-4-10-38(30)39-11-5-12-41(31(39)2)51-17-7-15-49-16-13-37(50)27-49)29-53-43-20-42(52-28-34-18-33(21-45)23-47-24-34)36(19-40(43)44)26-48(3)25-32-8-6-14-46-22-32/h4-6,8-12,14,18-20,22-24,37,50H,7,13,15-17,25-29H2,1-3H3/t37-/m1/s1. The number of ether oxygens (including phenoxy) is 3. The van der Waals surface area contributed by atoms with Crippen LogP contribution in [0.15, 0.2) is 91.5 Å². The lowest BCUT2D eigenvalue weighted by atomic mass is 9.93. The van der Waals surface area contributed by atoms with Crippen LogP contribution < -0.4 is 14.2 Å². The lowest BCUT2D eigenvalue weighted by molar-refractivity contribution is 0.173. The third kappa shape index (κ3) is 10.1. The van der Waals surface area contributed by atoms with Crippen molar-refractivity contribution in [1.29, 1.82) is 5.26 Å². The molecule has 1 aliphatic heterocycles. The van der Waals surface area contributed by atoms with Gasteiger partial charge in [0.15, 0.2) is 0 Å². The van der Waals surface area contributed by atoms with Crippen LogP contribution in [0, 0.1) is 25.2 Å². The fourth-order valence-electron chi connectivity index (χ4n) is 6.72. The van der Waals surface area contributed by atoms with Crippen molar-refractivity contribution in [3.05, 3.63) is 135 Å². The molecule has 0 bridgehead atoms. The van der Waals surface area contributed by atoms with Gasteiger partial charge in [0, 0.05) is 74.7 Å². The average molecular weight is 732 g/mol. The number of aromatic nitrogens is 2. The largest absolute Gasteiger partial charge is 0.493 e. The first kappa shape index (κ1) is 37.8. The first-order valence-corrected chi connectivity index (χ1v) is 18.4. The number of likely N-dealkylation sites (tertiary alicyclic amines) is 1. The normalized spacial score (nSPS) is 14.3. The zero-order valence-corrected chi connectivity index (χ0v) is 31.4. The minimum Gasteiger partial charge on any atom is -0.493 e. The zero-order valence-electron chi connectivity index (χ0n) is 30.6. The molecule has 0 aliphatic carbocycles. The topological polar surface area (TPSA) is 104 Å². The van der Waals surface area contributed by atoms with Crippen LogP contribution in [0.1, 0.15) is 51.8 Å². The molecule has 0 unspecified atom stereocenters. The third-order valence-electron chi connectivity index (χ3n) is 9.58. The molecule has 2 aromatic heterocycles. The van der Waals surface area contributed by atoms with E-state index in [2.05, 4.69) is 63.9 Å². The van der Waals surface area contributed by atoms with Gasteiger partial charge in [0.1, 0.15) is 36.5 Å². The van der Waals surface area contributed by atoms with E-state index in [9.17, 15) is 10.4 Å². The first-order chi connectivity index (χ1) is 25.8. The van der Waals surface area contributed by atoms with Crippen LogP contribution in [-0.2, 0) is 26.3 Å². The molecule has 0 spiro atoms. The number of aliphatic hydroxyl groups is 1. The van der Waals surface area contributed by atoms with E-state index in [1.807, 2.05) is 49.6 Å². The highest BCUT2D eigenvalue weighted by Gasteiger charge is 2.20. The fourth-order valence-corrected chi connectivity index (χ4v) is 6.96. The summed E-state index contributed by atoms with van der Waals surface area (Å²) in [5.74, 6) is 2.04. The van der Waals surface area contributed by atoms with Gasteiger partial charge in [-0.15, -0.1) is 0 Å². The summed E-state index contributed by atoms with van der Waals surface area (Å²) in [7, 11) is 2.04. The number of rotatable bonds is 16. The fraction of sp³-hybridized carbons (Fsp3) is 0.326. The van der Waals surface area contributed by atoms with Gasteiger partial charge in [-0.3, -0.25) is 14.9 Å². The van der Waals surface area contributed by atoms with Gasteiger partial charge in [-0.1, -0.05) is 48.0 Å². The summed E-state index contributed by atoms with van der Waals surface area (Å²) in [6.45, 7) is 9.29. The molecule has 1 atom stereocenters. The quantitative estimate of drug-likeness (QED) is 0.101. The molecule has 274 valence electrons. The second-order valence-corrected chi connectivity index (χ2v) is 14.1. The van der Waals surface area contributed by atoms with Gasteiger partial charge in [-0.2, -0.15) is 5.26 Å². The van der Waals surface area contributed by atoms with Crippen LogP contribution in [0.25, 0.3) is 11.1 Å². The van der Waals surface area contributed by atoms with E-state index < -0.39 is 0 Å². The Morgan fingerprint density at radius 2 is 1.64 bits per heavy atom. The van der Waals surface area contributed by atoms with Crippen molar-refractivity contribution in [3.8, 4) is 34.4 Å². The number of hydrogen-bond donors (Lipinski definition) is 1. The zero-order chi connectivity index (χ0) is 37.2. The van der Waals surface area contributed by atoms with Gasteiger partial charge in [0.2, 0.25) is 0 Å². The molecule has 9 nitrogen and oxygen atoms in total. The number of benzene rings is 3. The molecular weight excluding hydrogens is 686 g/mol. The lowest BCUT2D eigenvalue weighted by Crippen LogP contribution is -2.24. The molecule has 1 aliphatic rings. The van der Waals surface area contributed by atoms with E-state index >= 15 is 0 Å². The van der Waals surface area contributed by atoms with E-state index in [0.717, 1.165) is 82.7 Å². The number of halogens is 1. The molecule has 0 radical (unpaired) electrons. The maximum Gasteiger partial charge on any atom is 0.142 e. The second kappa shape index (κ2) is 18.2. The molecule has 0 amide bonds. The molecule has 1 fully saturated rings. The van der Waals surface area contributed by atoms with Crippen molar-refractivity contribution in [2.24, 2.45) is 0 Å². The van der Waals surface area contributed by atoms with Crippen molar-refractivity contribution in [1.82, 2.24) is 19.8 Å². The van der Waals surface area contributed by atoms with E-state index in [1.54, 1.807) is 18.5 Å². The number of hydrogen-bond acceptors (Lipinski definition) is 9. The van der Waals surface area contributed by atoms with Crippen molar-refractivity contribution in [2.75, 3.05) is 33.3 Å². The predicted octanol–water partition coefficient (Wildman–Crippen LogP) is 7.91. The van der Waals surface area contributed by atoms with Crippen LogP contribution in [0.2, 0.25) is 5.02 Å². The molecule has 3 heterocycles. The average Bonchev–Trinajstić information content (AvgIpc) is 3.58. The SMILES string of the molecule is Cc1c(COc2cc(OCc3cncc(C#N)c3)c(CN(C)Cc3cccnc3)cc2Cl)cccc1-c1cccc(OCCCN2CC[C@@H](O)C2)c1C. The summed E-state index contributed by atoms with van der Waals surface area (Å²) < 4.78 is 19.0. The van der Waals surface area contributed by atoms with Gasteiger partial charge in [-0.05, 0) is 91.4 Å². The molecular formula is C43H46ClN5O4. The molecule has 5 aromatic rings. The Morgan fingerprint density at radius 3 is 2.42 bits per heavy atom. The van der Waals surface area contributed by atoms with Crippen LogP contribution in [0.4, 0.5) is 0 Å². The molecule has 6 rings (SSSR count). The monoisotopic (exact) mass is 731 g/mol. The summed E-state index contributed by atoms with van der Waals surface area (Å²) in [5.41, 5.74) is 8.76. The maximum atomic E-state index is 9.81. The Labute approximate surface area is 317 Å².